The lowest BCUT2D eigenvalue weighted by Crippen LogP contribution is -2.53. The highest BCUT2D eigenvalue weighted by atomic mass is 35.5. The number of rotatable bonds is 5. The lowest BCUT2D eigenvalue weighted by Gasteiger charge is -2.35. The van der Waals surface area contributed by atoms with Gasteiger partial charge in [-0.15, -0.1) is 0 Å². The number of hydrogen-bond donors (Lipinski definition) is 0. The van der Waals surface area contributed by atoms with Gasteiger partial charge in [0.15, 0.2) is 6.10 Å². The third kappa shape index (κ3) is 5.31. The average Bonchev–Trinajstić information content (AvgIpc) is 2.74. The predicted molar refractivity (Wildman–Crippen MR) is 108 cm³/mol. The molecule has 1 fully saturated rings. The van der Waals surface area contributed by atoms with Crippen LogP contribution in [0.3, 0.4) is 0 Å². The largest absolute Gasteiger partial charge is 0.479 e. The number of carbonyl (C=O) groups excluding carboxylic acids is 1. The van der Waals surface area contributed by atoms with E-state index in [1.807, 2.05) is 0 Å². The van der Waals surface area contributed by atoms with Gasteiger partial charge in [-0.3, -0.25) is 4.79 Å². The topological polar surface area (TPSA) is 66.9 Å². The highest BCUT2D eigenvalue weighted by Crippen LogP contribution is 2.30. The minimum Gasteiger partial charge on any atom is -0.479 e. The van der Waals surface area contributed by atoms with E-state index in [9.17, 15) is 26.4 Å². The van der Waals surface area contributed by atoms with E-state index in [0.29, 0.717) is 10.8 Å². The van der Waals surface area contributed by atoms with Crippen molar-refractivity contribution < 1.29 is 31.1 Å². The van der Waals surface area contributed by atoms with E-state index in [1.165, 1.54) is 4.90 Å². The Balaban J connectivity index is 1.61. The minimum atomic E-state index is -4.54. The SMILES string of the molecule is CC(Oc1ccccc1Cl)C(=O)N1CCN(S(=O)(=O)c2ccc(C(F)(F)F)cc2)CC1. The van der Waals surface area contributed by atoms with Crippen LogP contribution in [0.5, 0.6) is 5.75 Å². The number of carbonyl (C=O) groups is 1. The molecule has 11 heteroatoms. The van der Waals surface area contributed by atoms with Crippen LogP contribution in [0.15, 0.2) is 53.4 Å². The minimum absolute atomic E-state index is 0.0217. The predicted octanol–water partition coefficient (Wildman–Crippen LogP) is 3.66. The number of ether oxygens (including phenoxy) is 1. The van der Waals surface area contributed by atoms with Crippen LogP contribution in [-0.2, 0) is 21.0 Å². The summed E-state index contributed by atoms with van der Waals surface area (Å²) in [5, 5.41) is 0.370. The van der Waals surface area contributed by atoms with E-state index in [4.69, 9.17) is 16.3 Å². The molecular weight excluding hydrogens is 457 g/mol. The first-order valence-corrected chi connectivity index (χ1v) is 11.2. The summed E-state index contributed by atoms with van der Waals surface area (Å²) in [5.41, 5.74) is -0.922. The third-order valence-electron chi connectivity index (χ3n) is 4.86. The fourth-order valence-corrected chi connectivity index (χ4v) is 4.75. The molecule has 2 aromatic carbocycles. The fraction of sp³-hybridized carbons (Fsp3) is 0.350. The number of nitrogens with zero attached hydrogens (tertiary/aromatic N) is 2. The Bertz CT molecular complexity index is 1040. The van der Waals surface area contributed by atoms with Crippen LogP contribution in [0.4, 0.5) is 13.2 Å². The van der Waals surface area contributed by atoms with E-state index in [2.05, 4.69) is 0 Å². The molecule has 1 heterocycles. The van der Waals surface area contributed by atoms with Gasteiger partial charge in [-0.1, -0.05) is 23.7 Å². The first kappa shape index (κ1) is 23.4. The standard InChI is InChI=1S/C20H20ClF3N2O4S/c1-14(30-18-5-3-2-4-17(18)21)19(27)25-10-12-26(13-11-25)31(28,29)16-8-6-15(7-9-16)20(22,23)24/h2-9,14H,10-13H2,1H3. The molecule has 2 aromatic rings. The lowest BCUT2D eigenvalue weighted by molar-refractivity contribution is -0.139. The van der Waals surface area contributed by atoms with Gasteiger partial charge >= 0.3 is 6.18 Å². The van der Waals surface area contributed by atoms with Crippen molar-refractivity contribution in [1.29, 1.82) is 0 Å². The number of sulfonamides is 1. The summed E-state index contributed by atoms with van der Waals surface area (Å²) in [5.74, 6) is 0.0556. The zero-order valence-corrected chi connectivity index (χ0v) is 18.0. The molecule has 31 heavy (non-hydrogen) atoms. The lowest BCUT2D eigenvalue weighted by atomic mass is 10.2. The van der Waals surface area contributed by atoms with Gasteiger partial charge in [0.2, 0.25) is 10.0 Å². The van der Waals surface area contributed by atoms with Crippen LogP contribution >= 0.6 is 11.6 Å². The number of hydrogen-bond acceptors (Lipinski definition) is 4. The van der Waals surface area contributed by atoms with Gasteiger partial charge in [-0.25, -0.2) is 8.42 Å². The summed E-state index contributed by atoms with van der Waals surface area (Å²) >= 11 is 6.04. The van der Waals surface area contributed by atoms with Gasteiger partial charge in [0.05, 0.1) is 15.5 Å². The normalized spacial score (nSPS) is 16.7. The van der Waals surface area contributed by atoms with Crippen molar-refractivity contribution in [3.05, 3.63) is 59.1 Å². The van der Waals surface area contributed by atoms with Crippen molar-refractivity contribution in [1.82, 2.24) is 9.21 Å². The molecule has 1 unspecified atom stereocenters. The molecule has 1 atom stereocenters. The van der Waals surface area contributed by atoms with E-state index in [0.717, 1.165) is 28.6 Å². The van der Waals surface area contributed by atoms with Gasteiger partial charge in [-0.05, 0) is 43.3 Å². The maximum Gasteiger partial charge on any atom is 0.416 e. The summed E-state index contributed by atoms with van der Waals surface area (Å²) in [6, 6.07) is 10.1. The number of para-hydroxylation sites is 1. The Labute approximate surface area is 183 Å². The molecule has 168 valence electrons. The van der Waals surface area contributed by atoms with Gasteiger partial charge in [0.1, 0.15) is 5.75 Å². The van der Waals surface area contributed by atoms with Gasteiger partial charge < -0.3 is 9.64 Å². The second-order valence-electron chi connectivity index (χ2n) is 6.94. The van der Waals surface area contributed by atoms with Crippen LogP contribution in [0.2, 0.25) is 5.02 Å². The van der Waals surface area contributed by atoms with Crippen LogP contribution in [0.25, 0.3) is 0 Å². The molecule has 0 bridgehead atoms. The van der Waals surface area contributed by atoms with Gasteiger partial charge in [-0.2, -0.15) is 17.5 Å². The molecule has 1 aliphatic rings. The number of piperazine rings is 1. The van der Waals surface area contributed by atoms with Crippen molar-refractivity contribution in [2.75, 3.05) is 26.2 Å². The molecule has 0 saturated carbocycles. The fourth-order valence-electron chi connectivity index (χ4n) is 3.15. The Hall–Kier alpha value is -2.30. The van der Waals surface area contributed by atoms with Crippen molar-refractivity contribution >= 4 is 27.5 Å². The maximum absolute atomic E-state index is 12.7. The summed E-state index contributed by atoms with van der Waals surface area (Å²) in [4.78, 5) is 13.9. The molecule has 0 aromatic heterocycles. The molecule has 1 aliphatic heterocycles. The quantitative estimate of drug-likeness (QED) is 0.660. The van der Waals surface area contributed by atoms with Crippen LogP contribution < -0.4 is 4.74 Å². The van der Waals surface area contributed by atoms with Crippen LogP contribution in [-0.4, -0.2) is 55.8 Å². The first-order chi connectivity index (χ1) is 14.5. The van der Waals surface area contributed by atoms with E-state index in [-0.39, 0.29) is 37.0 Å². The third-order valence-corrected chi connectivity index (χ3v) is 7.08. The van der Waals surface area contributed by atoms with E-state index >= 15 is 0 Å². The molecular formula is C20H20ClF3N2O4S. The molecule has 3 rings (SSSR count). The monoisotopic (exact) mass is 476 g/mol. The van der Waals surface area contributed by atoms with E-state index < -0.39 is 27.9 Å². The Kier molecular flexibility index (Phi) is 6.82. The second kappa shape index (κ2) is 9.05. The molecule has 1 saturated heterocycles. The van der Waals surface area contributed by atoms with Crippen molar-refractivity contribution in [2.24, 2.45) is 0 Å². The Morgan fingerprint density at radius 3 is 2.16 bits per heavy atom. The molecule has 0 N–H and O–H groups in total. The van der Waals surface area contributed by atoms with Gasteiger partial charge in [0.25, 0.3) is 5.91 Å². The Morgan fingerprint density at radius 1 is 1.03 bits per heavy atom. The summed E-state index contributed by atoms with van der Waals surface area (Å²) in [6.07, 6.45) is -5.37. The number of halogens is 4. The zero-order valence-electron chi connectivity index (χ0n) is 16.5. The van der Waals surface area contributed by atoms with Crippen LogP contribution in [0, 0.1) is 0 Å². The van der Waals surface area contributed by atoms with Crippen molar-refractivity contribution in [2.45, 2.75) is 24.1 Å². The molecule has 0 spiro atoms. The average molecular weight is 477 g/mol. The summed E-state index contributed by atoms with van der Waals surface area (Å²) in [6.45, 7) is 1.89. The Morgan fingerprint density at radius 2 is 1.61 bits per heavy atom. The number of amides is 1. The molecule has 0 radical (unpaired) electrons. The molecule has 6 nitrogen and oxygen atoms in total. The van der Waals surface area contributed by atoms with Crippen molar-refractivity contribution in [3.8, 4) is 5.75 Å². The van der Waals surface area contributed by atoms with Gasteiger partial charge in [0, 0.05) is 26.2 Å². The summed E-state index contributed by atoms with van der Waals surface area (Å²) < 4.78 is 70.3. The second-order valence-corrected chi connectivity index (χ2v) is 9.29. The number of alkyl halides is 3. The molecule has 1 amide bonds. The number of benzene rings is 2. The van der Waals surface area contributed by atoms with Crippen LogP contribution in [0.1, 0.15) is 12.5 Å². The smallest absolute Gasteiger partial charge is 0.416 e. The first-order valence-electron chi connectivity index (χ1n) is 9.37. The highest BCUT2D eigenvalue weighted by molar-refractivity contribution is 7.89. The summed E-state index contributed by atoms with van der Waals surface area (Å²) in [7, 11) is -3.97. The molecule has 0 aliphatic carbocycles. The zero-order chi connectivity index (χ0) is 22.8. The van der Waals surface area contributed by atoms with Crippen molar-refractivity contribution in [3.63, 3.8) is 0 Å². The van der Waals surface area contributed by atoms with E-state index in [1.54, 1.807) is 31.2 Å². The maximum atomic E-state index is 12.7. The highest BCUT2D eigenvalue weighted by Gasteiger charge is 2.34.